The molecule has 3 heterocycles. The second-order valence-corrected chi connectivity index (χ2v) is 8.62. The third kappa shape index (κ3) is 4.87. The number of aryl methyl sites for hydroxylation is 2. The first-order valence-electron chi connectivity index (χ1n) is 11.9. The summed E-state index contributed by atoms with van der Waals surface area (Å²) in [6.45, 7) is 16.3. The highest BCUT2D eigenvalue weighted by Gasteiger charge is 2.16. The quantitative estimate of drug-likeness (QED) is 0.261. The summed E-state index contributed by atoms with van der Waals surface area (Å²) in [6.07, 6.45) is 12.9. The lowest BCUT2D eigenvalue weighted by molar-refractivity contribution is 1.09. The summed E-state index contributed by atoms with van der Waals surface area (Å²) < 4.78 is 0. The van der Waals surface area contributed by atoms with E-state index in [9.17, 15) is 0 Å². The standard InChI is InChI=1S/C31H32N4/c1-7-12-26(24-14-11-13-20(5)15-24)27-18-29(33-21(27)6)30-28-17-25(19-32-31(28)35-34-30)23(10-4)16-22(8-2)9-3/h7-8,10-19,33H,1-2,9H2,3-6H3,(H,32,34,35)/b22-16+,23-10+,26-12-. The molecule has 3 aromatic heterocycles. The topological polar surface area (TPSA) is 57.4 Å². The number of nitrogens with one attached hydrogen (secondary N) is 2. The van der Waals surface area contributed by atoms with Gasteiger partial charge in [-0.1, -0.05) is 80.3 Å². The van der Waals surface area contributed by atoms with E-state index in [1.807, 2.05) is 25.3 Å². The van der Waals surface area contributed by atoms with Gasteiger partial charge in [-0.3, -0.25) is 5.10 Å². The van der Waals surface area contributed by atoms with Gasteiger partial charge in [-0.15, -0.1) is 0 Å². The van der Waals surface area contributed by atoms with Crippen molar-refractivity contribution in [1.29, 1.82) is 0 Å². The summed E-state index contributed by atoms with van der Waals surface area (Å²) in [6, 6.07) is 12.9. The Kier molecular flexibility index (Phi) is 7.11. The molecule has 0 saturated heterocycles. The normalized spacial score (nSPS) is 12.9. The predicted octanol–water partition coefficient (Wildman–Crippen LogP) is 8.11. The van der Waals surface area contributed by atoms with Crippen molar-refractivity contribution in [3.8, 4) is 11.4 Å². The zero-order valence-corrected chi connectivity index (χ0v) is 20.9. The molecule has 0 amide bonds. The number of hydrogen-bond acceptors (Lipinski definition) is 2. The van der Waals surface area contributed by atoms with Gasteiger partial charge in [0, 0.05) is 28.4 Å². The number of allylic oxidation sites excluding steroid dienone is 7. The van der Waals surface area contributed by atoms with Crippen molar-refractivity contribution < 1.29 is 0 Å². The second-order valence-electron chi connectivity index (χ2n) is 8.62. The van der Waals surface area contributed by atoms with Gasteiger partial charge in [0.15, 0.2) is 5.65 Å². The number of benzene rings is 1. The molecule has 0 aliphatic carbocycles. The number of rotatable bonds is 8. The van der Waals surface area contributed by atoms with E-state index < -0.39 is 0 Å². The molecule has 2 N–H and O–H groups in total. The van der Waals surface area contributed by atoms with Crippen molar-refractivity contribution >= 4 is 22.2 Å². The number of H-pyrrole nitrogens is 2. The lowest BCUT2D eigenvalue weighted by atomic mass is 9.96. The van der Waals surface area contributed by atoms with E-state index in [0.29, 0.717) is 5.65 Å². The minimum atomic E-state index is 0.692. The summed E-state index contributed by atoms with van der Waals surface area (Å²) in [5, 5.41) is 8.65. The fraction of sp³-hybridized carbons (Fsp3) is 0.161. The SMILES string of the molecule is C=C/C=C(/c1cccc(C)c1)c1cc(-c2[nH]nc3ncc(C(/C=C(\C=C)CC)=C/C)cc23)[nH]c1C. The molecule has 0 unspecified atom stereocenters. The van der Waals surface area contributed by atoms with Crippen molar-refractivity contribution in [2.75, 3.05) is 0 Å². The molecule has 176 valence electrons. The van der Waals surface area contributed by atoms with Gasteiger partial charge < -0.3 is 4.98 Å². The van der Waals surface area contributed by atoms with Gasteiger partial charge in [0.2, 0.25) is 0 Å². The van der Waals surface area contributed by atoms with E-state index in [2.05, 4.69) is 109 Å². The van der Waals surface area contributed by atoms with Crippen LogP contribution in [0.1, 0.15) is 48.2 Å². The van der Waals surface area contributed by atoms with Gasteiger partial charge in [0.1, 0.15) is 0 Å². The average molecular weight is 461 g/mol. The Morgan fingerprint density at radius 3 is 2.60 bits per heavy atom. The van der Waals surface area contributed by atoms with Crippen LogP contribution in [0.2, 0.25) is 0 Å². The molecule has 4 heteroatoms. The number of hydrogen-bond donors (Lipinski definition) is 2. The van der Waals surface area contributed by atoms with E-state index in [1.165, 1.54) is 11.1 Å². The van der Waals surface area contributed by atoms with E-state index in [-0.39, 0.29) is 0 Å². The van der Waals surface area contributed by atoms with Crippen molar-refractivity contribution in [3.05, 3.63) is 120 Å². The average Bonchev–Trinajstić information content (AvgIpc) is 3.46. The highest BCUT2D eigenvalue weighted by atomic mass is 15.2. The van der Waals surface area contributed by atoms with Crippen LogP contribution in [0.25, 0.3) is 33.6 Å². The first-order chi connectivity index (χ1) is 17.0. The fourth-order valence-corrected chi connectivity index (χ4v) is 4.35. The summed E-state index contributed by atoms with van der Waals surface area (Å²) in [5.74, 6) is 0. The summed E-state index contributed by atoms with van der Waals surface area (Å²) in [5.41, 5.74) is 11.7. The third-order valence-corrected chi connectivity index (χ3v) is 6.25. The first-order valence-corrected chi connectivity index (χ1v) is 11.9. The largest absolute Gasteiger partial charge is 0.357 e. The molecule has 0 saturated carbocycles. The lowest BCUT2D eigenvalue weighted by Gasteiger charge is -2.08. The molecule has 0 radical (unpaired) electrons. The van der Waals surface area contributed by atoms with Crippen molar-refractivity contribution in [2.45, 2.75) is 34.1 Å². The third-order valence-electron chi connectivity index (χ3n) is 6.25. The first kappa shape index (κ1) is 24.0. The molecule has 4 rings (SSSR count). The Morgan fingerprint density at radius 1 is 1.09 bits per heavy atom. The zero-order valence-electron chi connectivity index (χ0n) is 20.9. The van der Waals surface area contributed by atoms with Gasteiger partial charge in [-0.2, -0.15) is 5.10 Å². The maximum Gasteiger partial charge on any atom is 0.181 e. The molecule has 35 heavy (non-hydrogen) atoms. The monoisotopic (exact) mass is 460 g/mol. The predicted molar refractivity (Wildman–Crippen MR) is 149 cm³/mol. The zero-order chi connectivity index (χ0) is 24.9. The number of nitrogens with zero attached hydrogens (tertiary/aromatic N) is 2. The lowest BCUT2D eigenvalue weighted by Crippen LogP contribution is -1.89. The van der Waals surface area contributed by atoms with Crippen molar-refractivity contribution in [3.63, 3.8) is 0 Å². The minimum Gasteiger partial charge on any atom is -0.357 e. The Bertz CT molecular complexity index is 1490. The van der Waals surface area contributed by atoms with Crippen molar-refractivity contribution in [2.24, 2.45) is 0 Å². The van der Waals surface area contributed by atoms with E-state index in [4.69, 9.17) is 0 Å². The second kappa shape index (κ2) is 10.4. The molecule has 0 atom stereocenters. The molecule has 0 spiro atoms. The van der Waals surface area contributed by atoms with E-state index in [0.717, 1.165) is 56.7 Å². The summed E-state index contributed by atoms with van der Waals surface area (Å²) in [4.78, 5) is 8.19. The van der Waals surface area contributed by atoms with Crippen LogP contribution in [0.3, 0.4) is 0 Å². The molecule has 1 aromatic carbocycles. The molecular formula is C31H32N4. The Balaban J connectivity index is 1.81. The number of pyridine rings is 1. The van der Waals surface area contributed by atoms with E-state index >= 15 is 0 Å². The molecule has 4 nitrogen and oxygen atoms in total. The molecule has 0 bridgehead atoms. The molecule has 0 aliphatic heterocycles. The van der Waals surface area contributed by atoms with Crippen LogP contribution in [0, 0.1) is 13.8 Å². The summed E-state index contributed by atoms with van der Waals surface area (Å²) >= 11 is 0. The number of fused-ring (bicyclic) bond motifs is 1. The molecule has 4 aromatic rings. The highest BCUT2D eigenvalue weighted by Crippen LogP contribution is 2.33. The van der Waals surface area contributed by atoms with Gasteiger partial charge in [0.05, 0.1) is 11.4 Å². The van der Waals surface area contributed by atoms with Crippen LogP contribution >= 0.6 is 0 Å². The fourth-order valence-electron chi connectivity index (χ4n) is 4.35. The van der Waals surface area contributed by atoms with Crippen LogP contribution in [0.4, 0.5) is 0 Å². The van der Waals surface area contributed by atoms with Gasteiger partial charge in [-0.05, 0) is 61.6 Å². The van der Waals surface area contributed by atoms with Crippen LogP contribution in [0.15, 0.2) is 91.7 Å². The highest BCUT2D eigenvalue weighted by molar-refractivity contribution is 5.94. The van der Waals surface area contributed by atoms with Gasteiger partial charge in [-0.25, -0.2) is 4.98 Å². The van der Waals surface area contributed by atoms with Crippen LogP contribution in [0.5, 0.6) is 0 Å². The van der Waals surface area contributed by atoms with Gasteiger partial charge in [0.25, 0.3) is 0 Å². The van der Waals surface area contributed by atoms with E-state index in [1.54, 1.807) is 0 Å². The maximum atomic E-state index is 4.63. The Morgan fingerprint density at radius 2 is 1.91 bits per heavy atom. The van der Waals surface area contributed by atoms with Crippen molar-refractivity contribution in [1.82, 2.24) is 20.2 Å². The minimum absolute atomic E-state index is 0.692. The number of aromatic nitrogens is 4. The number of aromatic amines is 2. The Labute approximate surface area is 207 Å². The van der Waals surface area contributed by atoms with Crippen LogP contribution < -0.4 is 0 Å². The maximum absolute atomic E-state index is 4.63. The van der Waals surface area contributed by atoms with Crippen LogP contribution in [-0.2, 0) is 0 Å². The smallest absolute Gasteiger partial charge is 0.181 e. The summed E-state index contributed by atoms with van der Waals surface area (Å²) in [7, 11) is 0. The van der Waals surface area contributed by atoms with Gasteiger partial charge >= 0.3 is 0 Å². The van der Waals surface area contributed by atoms with Crippen LogP contribution in [-0.4, -0.2) is 20.2 Å². The molecule has 0 aliphatic rings. The molecular weight excluding hydrogens is 428 g/mol. The molecule has 0 fully saturated rings. The Hall–Kier alpha value is -4.18.